The molecule has 0 radical (unpaired) electrons. The van der Waals surface area contributed by atoms with Crippen molar-refractivity contribution in [1.29, 1.82) is 0 Å². The van der Waals surface area contributed by atoms with Crippen molar-refractivity contribution in [3.05, 3.63) is 41.0 Å². The summed E-state index contributed by atoms with van der Waals surface area (Å²) >= 11 is 0. The highest BCUT2D eigenvalue weighted by Crippen LogP contribution is 2.24. The van der Waals surface area contributed by atoms with Gasteiger partial charge in [0.15, 0.2) is 5.78 Å². The molecule has 1 aromatic rings. The van der Waals surface area contributed by atoms with Crippen LogP contribution in [0.2, 0.25) is 0 Å². The number of hydrogen-bond donors (Lipinski definition) is 0. The van der Waals surface area contributed by atoms with E-state index >= 15 is 0 Å². The summed E-state index contributed by atoms with van der Waals surface area (Å²) in [6.45, 7) is 4.44. The van der Waals surface area contributed by atoms with Crippen LogP contribution in [0, 0.1) is 0 Å². The summed E-state index contributed by atoms with van der Waals surface area (Å²) in [6, 6.07) is 6.53. The van der Waals surface area contributed by atoms with Gasteiger partial charge < -0.3 is 9.47 Å². The molecule has 1 heterocycles. The maximum atomic E-state index is 11.8. The Bertz CT molecular complexity index is 586. The van der Waals surface area contributed by atoms with E-state index in [0.717, 1.165) is 0 Å². The number of ether oxygens (including phenoxy) is 2. The van der Waals surface area contributed by atoms with Crippen LogP contribution in [0.4, 0.5) is 0 Å². The molecule has 20 heavy (non-hydrogen) atoms. The normalized spacial score (nSPS) is 17.2. The van der Waals surface area contributed by atoms with Gasteiger partial charge in [0.05, 0.1) is 0 Å². The topological polar surface area (TPSA) is 69.7 Å². The largest absolute Gasteiger partial charge is 0.419 e. The lowest BCUT2D eigenvalue weighted by Crippen LogP contribution is -2.41. The third-order valence-electron chi connectivity index (χ3n) is 2.75. The van der Waals surface area contributed by atoms with Crippen LogP contribution in [0.25, 0.3) is 6.08 Å². The lowest BCUT2D eigenvalue weighted by molar-refractivity contribution is -0.222. The zero-order chi connectivity index (χ0) is 14.9. The van der Waals surface area contributed by atoms with Crippen molar-refractivity contribution >= 4 is 23.8 Å². The van der Waals surface area contributed by atoms with E-state index in [9.17, 15) is 14.4 Å². The molecule has 1 saturated heterocycles. The summed E-state index contributed by atoms with van der Waals surface area (Å²) in [4.78, 5) is 34.7. The number of rotatable bonds is 2. The number of esters is 2. The van der Waals surface area contributed by atoms with E-state index in [4.69, 9.17) is 9.47 Å². The van der Waals surface area contributed by atoms with Gasteiger partial charge in [-0.25, -0.2) is 9.59 Å². The van der Waals surface area contributed by atoms with Gasteiger partial charge in [-0.3, -0.25) is 4.79 Å². The molecule has 0 spiro atoms. The summed E-state index contributed by atoms with van der Waals surface area (Å²) in [5, 5.41) is 0. The van der Waals surface area contributed by atoms with Gasteiger partial charge in [0.25, 0.3) is 5.79 Å². The van der Waals surface area contributed by atoms with Crippen LogP contribution in [0.5, 0.6) is 0 Å². The molecule has 0 aliphatic carbocycles. The molecular formula is C15H14O5. The Morgan fingerprint density at radius 2 is 1.55 bits per heavy atom. The molecule has 0 bridgehead atoms. The lowest BCUT2D eigenvalue weighted by atomic mass is 10.1. The first-order chi connectivity index (χ1) is 9.28. The highest BCUT2D eigenvalue weighted by atomic mass is 16.7. The molecule has 1 aliphatic heterocycles. The van der Waals surface area contributed by atoms with E-state index in [1.165, 1.54) is 26.8 Å². The van der Waals surface area contributed by atoms with Crippen LogP contribution in [0.1, 0.15) is 36.7 Å². The quantitative estimate of drug-likeness (QED) is 0.357. The molecule has 0 unspecified atom stereocenters. The van der Waals surface area contributed by atoms with E-state index < -0.39 is 17.7 Å². The number of ketones is 1. The van der Waals surface area contributed by atoms with Crippen molar-refractivity contribution < 1.29 is 23.9 Å². The Labute approximate surface area is 116 Å². The Hall–Kier alpha value is -2.43. The molecule has 5 nitrogen and oxygen atoms in total. The van der Waals surface area contributed by atoms with E-state index in [1.807, 2.05) is 0 Å². The Morgan fingerprint density at radius 3 is 2.00 bits per heavy atom. The number of hydrogen-bond acceptors (Lipinski definition) is 5. The van der Waals surface area contributed by atoms with Crippen molar-refractivity contribution in [2.45, 2.75) is 26.6 Å². The van der Waals surface area contributed by atoms with Crippen LogP contribution in [0.3, 0.4) is 0 Å². The first kappa shape index (κ1) is 14.0. The van der Waals surface area contributed by atoms with Crippen LogP contribution in [0.15, 0.2) is 29.8 Å². The van der Waals surface area contributed by atoms with E-state index in [0.29, 0.717) is 11.1 Å². The van der Waals surface area contributed by atoms with E-state index in [2.05, 4.69) is 0 Å². The monoisotopic (exact) mass is 274 g/mol. The average Bonchev–Trinajstić information content (AvgIpc) is 2.33. The van der Waals surface area contributed by atoms with Gasteiger partial charge in [-0.05, 0) is 18.6 Å². The third kappa shape index (κ3) is 2.93. The molecule has 0 aromatic heterocycles. The smallest absolute Gasteiger partial charge is 0.348 e. The second kappa shape index (κ2) is 4.92. The molecule has 104 valence electrons. The Kier molecular flexibility index (Phi) is 3.44. The van der Waals surface area contributed by atoms with Crippen LogP contribution < -0.4 is 0 Å². The maximum Gasteiger partial charge on any atom is 0.348 e. The van der Waals surface area contributed by atoms with Gasteiger partial charge in [-0.2, -0.15) is 0 Å². The molecule has 5 heteroatoms. The fourth-order valence-electron chi connectivity index (χ4n) is 1.76. The number of benzene rings is 1. The number of cyclic esters (lactones) is 2. The number of carbonyl (C=O) groups is 3. The first-order valence-electron chi connectivity index (χ1n) is 6.08. The van der Waals surface area contributed by atoms with Crippen molar-refractivity contribution in [2.24, 2.45) is 0 Å². The number of Topliss-reactive ketones (excluding diaryl/α,β-unsaturated/α-hetero) is 1. The minimum atomic E-state index is -1.25. The van der Waals surface area contributed by atoms with Crippen molar-refractivity contribution in [3.8, 4) is 0 Å². The second-order valence-electron chi connectivity index (χ2n) is 4.92. The molecule has 2 rings (SSSR count). The van der Waals surface area contributed by atoms with Gasteiger partial charge >= 0.3 is 11.9 Å². The van der Waals surface area contributed by atoms with E-state index in [-0.39, 0.29) is 11.4 Å². The number of carbonyl (C=O) groups excluding carboxylic acids is 3. The Morgan fingerprint density at radius 1 is 1.05 bits per heavy atom. The SMILES string of the molecule is CC(=O)c1ccc(C=C2C(=O)OC(C)(C)OC2=O)cc1. The predicted molar refractivity (Wildman–Crippen MR) is 70.7 cm³/mol. The fraction of sp³-hybridized carbons (Fsp3) is 0.267. The van der Waals surface area contributed by atoms with Crippen molar-refractivity contribution in [3.63, 3.8) is 0 Å². The predicted octanol–water partition coefficient (Wildman–Crippen LogP) is 2.11. The lowest BCUT2D eigenvalue weighted by Gasteiger charge is -2.29. The van der Waals surface area contributed by atoms with E-state index in [1.54, 1.807) is 24.3 Å². The van der Waals surface area contributed by atoms with Gasteiger partial charge in [-0.15, -0.1) is 0 Å². The summed E-state index contributed by atoms with van der Waals surface area (Å²) in [5.41, 5.74) is 1.00. The van der Waals surface area contributed by atoms with Crippen LogP contribution in [-0.2, 0) is 19.1 Å². The molecule has 0 amide bonds. The highest BCUT2D eigenvalue weighted by Gasteiger charge is 2.38. The zero-order valence-electron chi connectivity index (χ0n) is 11.4. The maximum absolute atomic E-state index is 11.8. The molecular weight excluding hydrogens is 260 g/mol. The fourth-order valence-corrected chi connectivity index (χ4v) is 1.76. The molecule has 1 aliphatic rings. The zero-order valence-corrected chi connectivity index (χ0v) is 11.4. The minimum Gasteiger partial charge on any atom is -0.419 e. The first-order valence-corrected chi connectivity index (χ1v) is 6.08. The van der Waals surface area contributed by atoms with Crippen LogP contribution in [-0.4, -0.2) is 23.5 Å². The summed E-state index contributed by atoms with van der Waals surface area (Å²) < 4.78 is 9.97. The average molecular weight is 274 g/mol. The second-order valence-corrected chi connectivity index (χ2v) is 4.92. The molecule has 0 N–H and O–H groups in total. The molecule has 1 aromatic carbocycles. The Balaban J connectivity index is 2.28. The highest BCUT2D eigenvalue weighted by molar-refractivity contribution is 6.18. The third-order valence-corrected chi connectivity index (χ3v) is 2.75. The van der Waals surface area contributed by atoms with Crippen LogP contribution >= 0.6 is 0 Å². The molecule has 1 fully saturated rings. The van der Waals surface area contributed by atoms with Gasteiger partial charge in [0.1, 0.15) is 5.57 Å². The van der Waals surface area contributed by atoms with Gasteiger partial charge in [0, 0.05) is 19.4 Å². The molecule has 0 atom stereocenters. The molecule has 0 saturated carbocycles. The summed E-state index contributed by atoms with van der Waals surface area (Å²) in [5.74, 6) is -2.74. The standard InChI is InChI=1S/C15H14O5/c1-9(16)11-6-4-10(5-7-11)8-12-13(17)19-15(2,3)20-14(12)18/h4-8H,1-3H3. The van der Waals surface area contributed by atoms with Gasteiger partial charge in [0.2, 0.25) is 0 Å². The summed E-state index contributed by atoms with van der Waals surface area (Å²) in [7, 11) is 0. The van der Waals surface area contributed by atoms with Crippen molar-refractivity contribution in [1.82, 2.24) is 0 Å². The van der Waals surface area contributed by atoms with Gasteiger partial charge in [-0.1, -0.05) is 24.3 Å². The minimum absolute atomic E-state index is 0.0533. The summed E-state index contributed by atoms with van der Waals surface area (Å²) in [6.07, 6.45) is 1.38. The van der Waals surface area contributed by atoms with Crippen molar-refractivity contribution in [2.75, 3.05) is 0 Å².